The number of fused-ring (bicyclic) bond motifs is 3. The van der Waals surface area contributed by atoms with Crippen LogP contribution in [0.4, 0.5) is 0 Å². The maximum Gasteiger partial charge on any atom is 0.160 e. The van der Waals surface area contributed by atoms with E-state index >= 15 is 0 Å². The van der Waals surface area contributed by atoms with E-state index in [0.29, 0.717) is 18.1 Å². The average molecular weight is 318 g/mol. The van der Waals surface area contributed by atoms with Crippen LogP contribution in [0.1, 0.15) is 66.2 Å². The average Bonchev–Trinajstić information content (AvgIpc) is 2.55. The van der Waals surface area contributed by atoms with Crippen LogP contribution in [-0.4, -0.2) is 28.2 Å². The summed E-state index contributed by atoms with van der Waals surface area (Å²) in [6, 6.07) is 0. The molecule has 3 heteroatoms. The minimum absolute atomic E-state index is 0.0623. The molecule has 2 bridgehead atoms. The summed E-state index contributed by atoms with van der Waals surface area (Å²) in [6.45, 7) is 9.02. The van der Waals surface area contributed by atoms with Crippen LogP contribution < -0.4 is 0 Å². The van der Waals surface area contributed by atoms with Crippen molar-refractivity contribution in [2.45, 2.75) is 71.8 Å². The molecule has 0 saturated heterocycles. The van der Waals surface area contributed by atoms with Gasteiger partial charge in [0.25, 0.3) is 0 Å². The van der Waals surface area contributed by atoms with Crippen LogP contribution in [0.2, 0.25) is 0 Å². The van der Waals surface area contributed by atoms with E-state index in [2.05, 4.69) is 27.7 Å². The highest BCUT2D eigenvalue weighted by atomic mass is 16.3. The summed E-state index contributed by atoms with van der Waals surface area (Å²) in [6.07, 6.45) is 5.03. The van der Waals surface area contributed by atoms with E-state index in [9.17, 15) is 15.0 Å². The molecule has 0 aromatic carbocycles. The normalized spacial score (nSPS) is 51.0. The summed E-state index contributed by atoms with van der Waals surface area (Å²) in [7, 11) is 0. The molecule has 23 heavy (non-hydrogen) atoms. The summed E-state index contributed by atoms with van der Waals surface area (Å²) in [5.74, 6) is 0.860. The number of ketones is 1. The van der Waals surface area contributed by atoms with Crippen LogP contribution in [0, 0.1) is 28.1 Å². The third-order valence-corrected chi connectivity index (χ3v) is 8.83. The third kappa shape index (κ3) is 1.48. The van der Waals surface area contributed by atoms with Gasteiger partial charge in [0.2, 0.25) is 0 Å². The van der Waals surface area contributed by atoms with Gasteiger partial charge in [-0.05, 0) is 61.7 Å². The van der Waals surface area contributed by atoms with Crippen molar-refractivity contribution in [3.63, 3.8) is 0 Å². The van der Waals surface area contributed by atoms with Crippen molar-refractivity contribution < 1.29 is 15.0 Å². The molecule has 3 nitrogen and oxygen atoms in total. The van der Waals surface area contributed by atoms with Gasteiger partial charge >= 0.3 is 0 Å². The number of allylic oxidation sites excluding steroid dienone is 2. The predicted molar refractivity (Wildman–Crippen MR) is 88.7 cm³/mol. The molecule has 0 aromatic rings. The Morgan fingerprint density at radius 2 is 1.91 bits per heavy atom. The quantitative estimate of drug-likeness (QED) is 0.780. The molecule has 3 saturated carbocycles. The highest BCUT2D eigenvalue weighted by Crippen LogP contribution is 2.77. The SMILES string of the molecule is CC1=C2C(=O)C[C@@]2(C)[C@@H]2C[C@@]3(O)CC[C@@H](CO)[C@@]2(CC1)C3(C)C. The largest absolute Gasteiger partial charge is 0.396 e. The Balaban J connectivity index is 1.94. The van der Waals surface area contributed by atoms with E-state index in [1.807, 2.05) is 0 Å². The lowest BCUT2D eigenvalue weighted by molar-refractivity contribution is -0.168. The van der Waals surface area contributed by atoms with E-state index < -0.39 is 5.60 Å². The Labute approximate surface area is 139 Å². The van der Waals surface area contributed by atoms with Crippen LogP contribution in [0.3, 0.4) is 0 Å². The fraction of sp³-hybridized carbons (Fsp3) is 0.850. The van der Waals surface area contributed by atoms with Crippen molar-refractivity contribution in [2.75, 3.05) is 6.61 Å². The number of aliphatic hydroxyl groups is 2. The zero-order chi connectivity index (χ0) is 16.8. The van der Waals surface area contributed by atoms with Crippen LogP contribution in [0.5, 0.6) is 0 Å². The first kappa shape index (κ1) is 15.8. The lowest BCUT2D eigenvalue weighted by Crippen LogP contribution is -2.58. The summed E-state index contributed by atoms with van der Waals surface area (Å²) in [5.41, 5.74) is 1.29. The van der Waals surface area contributed by atoms with E-state index in [1.54, 1.807) is 0 Å². The minimum Gasteiger partial charge on any atom is -0.396 e. The van der Waals surface area contributed by atoms with Crippen molar-refractivity contribution >= 4 is 5.78 Å². The molecule has 0 aromatic heterocycles. The lowest BCUT2D eigenvalue weighted by Gasteiger charge is -2.59. The van der Waals surface area contributed by atoms with Crippen LogP contribution in [0.15, 0.2) is 11.1 Å². The van der Waals surface area contributed by atoms with Crippen molar-refractivity contribution in [2.24, 2.45) is 28.1 Å². The fourth-order valence-corrected chi connectivity index (χ4v) is 7.53. The smallest absolute Gasteiger partial charge is 0.160 e. The summed E-state index contributed by atoms with van der Waals surface area (Å²) in [4.78, 5) is 12.3. The Kier molecular flexibility index (Phi) is 2.95. The Hall–Kier alpha value is -0.670. The molecule has 4 aliphatic carbocycles. The molecule has 3 fully saturated rings. The first-order valence-corrected chi connectivity index (χ1v) is 9.21. The molecule has 4 aliphatic rings. The van der Waals surface area contributed by atoms with Crippen LogP contribution in [0.25, 0.3) is 0 Å². The molecule has 0 aliphatic heterocycles. The van der Waals surface area contributed by atoms with Gasteiger partial charge in [0.05, 0.1) is 5.60 Å². The number of aliphatic hydroxyl groups excluding tert-OH is 1. The third-order valence-electron chi connectivity index (χ3n) is 8.83. The van der Waals surface area contributed by atoms with Crippen molar-refractivity contribution in [1.82, 2.24) is 0 Å². The Bertz CT molecular complexity index is 618. The van der Waals surface area contributed by atoms with Crippen molar-refractivity contribution in [3.8, 4) is 0 Å². The molecule has 0 amide bonds. The molecule has 0 radical (unpaired) electrons. The standard InChI is InChI=1S/C20H30O3/c1-12-5-8-20-13(11-21)6-7-19(23,17(20,2)3)10-15(20)18(4)9-14(22)16(12)18/h13,15,21,23H,5-11H2,1-4H3/t13-,15-,18-,19-,20+/m0/s1. The molecular weight excluding hydrogens is 288 g/mol. The number of hydrogen-bond acceptors (Lipinski definition) is 3. The molecule has 128 valence electrons. The zero-order valence-corrected chi connectivity index (χ0v) is 14.9. The summed E-state index contributed by atoms with van der Waals surface area (Å²) >= 11 is 0. The number of carbonyl (C=O) groups is 1. The second-order valence-electron chi connectivity index (χ2n) is 9.54. The van der Waals surface area contributed by atoms with Gasteiger partial charge in [-0.15, -0.1) is 0 Å². The van der Waals surface area contributed by atoms with Crippen molar-refractivity contribution in [3.05, 3.63) is 11.1 Å². The monoisotopic (exact) mass is 318 g/mol. The number of carbonyl (C=O) groups excluding carboxylic acids is 1. The van der Waals surface area contributed by atoms with E-state index in [-0.39, 0.29) is 28.8 Å². The lowest BCUT2D eigenvalue weighted by atomic mass is 9.44. The highest BCUT2D eigenvalue weighted by molar-refractivity contribution is 6.05. The molecule has 2 N–H and O–H groups in total. The number of rotatable bonds is 1. The van der Waals surface area contributed by atoms with Gasteiger partial charge in [-0.3, -0.25) is 4.79 Å². The maximum absolute atomic E-state index is 12.3. The second-order valence-corrected chi connectivity index (χ2v) is 9.54. The van der Waals surface area contributed by atoms with Gasteiger partial charge in [0.15, 0.2) is 5.78 Å². The first-order valence-electron chi connectivity index (χ1n) is 9.21. The first-order chi connectivity index (χ1) is 10.6. The Morgan fingerprint density at radius 1 is 1.22 bits per heavy atom. The van der Waals surface area contributed by atoms with Gasteiger partial charge in [-0.2, -0.15) is 0 Å². The predicted octanol–water partition coefficient (Wildman–Crippen LogP) is 3.24. The summed E-state index contributed by atoms with van der Waals surface area (Å²) in [5, 5.41) is 21.6. The van der Waals surface area contributed by atoms with Gasteiger partial charge in [0.1, 0.15) is 0 Å². The van der Waals surface area contributed by atoms with E-state index in [4.69, 9.17) is 0 Å². The summed E-state index contributed by atoms with van der Waals surface area (Å²) < 4.78 is 0. The van der Waals surface area contributed by atoms with Gasteiger partial charge < -0.3 is 10.2 Å². The second kappa shape index (κ2) is 4.29. The number of Topliss-reactive ketones (excluding diaryl/α,β-unsaturated/α-hetero) is 1. The maximum atomic E-state index is 12.3. The molecule has 5 atom stereocenters. The minimum atomic E-state index is -0.651. The van der Waals surface area contributed by atoms with Crippen LogP contribution >= 0.6 is 0 Å². The van der Waals surface area contributed by atoms with Gasteiger partial charge in [-0.1, -0.05) is 26.3 Å². The van der Waals surface area contributed by atoms with Crippen molar-refractivity contribution in [1.29, 1.82) is 0 Å². The topological polar surface area (TPSA) is 57.5 Å². The Morgan fingerprint density at radius 3 is 2.52 bits per heavy atom. The molecule has 1 spiro atoms. The van der Waals surface area contributed by atoms with Crippen LogP contribution in [-0.2, 0) is 4.79 Å². The highest BCUT2D eigenvalue weighted by Gasteiger charge is 2.75. The molecular formula is C20H30O3. The molecule has 0 unspecified atom stereocenters. The van der Waals surface area contributed by atoms with Gasteiger partial charge in [0, 0.05) is 24.0 Å². The fourth-order valence-electron chi connectivity index (χ4n) is 7.53. The van der Waals surface area contributed by atoms with E-state index in [1.165, 1.54) is 5.57 Å². The molecule has 0 heterocycles. The molecule has 4 rings (SSSR count). The van der Waals surface area contributed by atoms with Gasteiger partial charge in [-0.25, -0.2) is 0 Å². The zero-order valence-electron chi connectivity index (χ0n) is 14.9. The van der Waals surface area contributed by atoms with E-state index in [0.717, 1.165) is 37.7 Å². The number of hydrogen-bond donors (Lipinski definition) is 2.